The zero-order valence-electron chi connectivity index (χ0n) is 11.3. The van der Waals surface area contributed by atoms with E-state index in [1.165, 1.54) is 0 Å². The number of nitro benzene ring substituents is 1. The van der Waals surface area contributed by atoms with Crippen molar-refractivity contribution in [2.45, 2.75) is 37.5 Å². The molecule has 0 atom stereocenters. The van der Waals surface area contributed by atoms with E-state index in [0.29, 0.717) is 12.8 Å². The summed E-state index contributed by atoms with van der Waals surface area (Å²) < 4.78 is 48.3. The van der Waals surface area contributed by atoms with Crippen molar-refractivity contribution in [2.24, 2.45) is 0 Å². The first-order valence-electron chi connectivity index (χ1n) is 6.45. The van der Waals surface area contributed by atoms with E-state index < -0.39 is 22.9 Å². The Kier molecular flexibility index (Phi) is 4.25. The molecule has 1 aromatic rings. The lowest BCUT2D eigenvalue weighted by molar-refractivity contribution is -0.384. The molecule has 9 heteroatoms. The minimum Gasteiger partial charge on any atom is -0.418 e. The van der Waals surface area contributed by atoms with Crippen LogP contribution in [0.15, 0.2) is 24.3 Å². The Balaban J connectivity index is 2.04. The molecule has 0 unspecified atom stereocenters. The van der Waals surface area contributed by atoms with Crippen molar-refractivity contribution in [2.75, 3.05) is 0 Å². The van der Waals surface area contributed by atoms with Crippen LogP contribution in [0.4, 0.5) is 23.7 Å². The second kappa shape index (κ2) is 5.82. The number of nitrogens with zero attached hydrogens (tertiary/aromatic N) is 1. The Hall–Kier alpha value is -2.32. The van der Waals surface area contributed by atoms with Crippen molar-refractivity contribution >= 4 is 11.8 Å². The first-order valence-corrected chi connectivity index (χ1v) is 6.45. The summed E-state index contributed by atoms with van der Waals surface area (Å²) in [6.07, 6.45) is -6.13. The predicted molar refractivity (Wildman–Crippen MR) is 67.5 cm³/mol. The fraction of sp³-hybridized carbons (Fsp3) is 0.462. The average molecular weight is 319 g/mol. The van der Waals surface area contributed by atoms with E-state index >= 15 is 0 Å². The van der Waals surface area contributed by atoms with Crippen LogP contribution in [0.5, 0.6) is 5.75 Å². The molecule has 2 rings (SSSR count). The van der Waals surface area contributed by atoms with Gasteiger partial charge in [-0.25, -0.2) is 4.79 Å². The van der Waals surface area contributed by atoms with Crippen LogP contribution in [0.2, 0.25) is 0 Å². The largest absolute Gasteiger partial charge is 0.514 e. The quantitative estimate of drug-likeness (QED) is 0.364. The van der Waals surface area contributed by atoms with E-state index in [2.05, 4.69) is 9.47 Å². The number of carbonyl (C=O) groups is 1. The van der Waals surface area contributed by atoms with Gasteiger partial charge in [0.25, 0.3) is 5.69 Å². The molecule has 120 valence electrons. The van der Waals surface area contributed by atoms with Gasteiger partial charge in [0.2, 0.25) is 5.60 Å². The zero-order chi connectivity index (χ0) is 16.4. The topological polar surface area (TPSA) is 78.7 Å². The van der Waals surface area contributed by atoms with Crippen LogP contribution in [0.25, 0.3) is 0 Å². The first kappa shape index (κ1) is 16.1. The van der Waals surface area contributed by atoms with E-state index in [1.807, 2.05) is 0 Å². The van der Waals surface area contributed by atoms with Crippen LogP contribution in [0.3, 0.4) is 0 Å². The lowest BCUT2D eigenvalue weighted by Gasteiger charge is -2.30. The molecule has 0 saturated heterocycles. The summed E-state index contributed by atoms with van der Waals surface area (Å²) in [4.78, 5) is 21.4. The fourth-order valence-electron chi connectivity index (χ4n) is 2.30. The maximum atomic E-state index is 13.0. The van der Waals surface area contributed by atoms with Gasteiger partial charge in [-0.05, 0) is 37.8 Å². The number of hydrogen-bond acceptors (Lipinski definition) is 5. The highest BCUT2D eigenvalue weighted by molar-refractivity contribution is 5.64. The summed E-state index contributed by atoms with van der Waals surface area (Å²) in [6.45, 7) is 0. The first-order chi connectivity index (χ1) is 10.2. The molecule has 1 aliphatic carbocycles. The third-order valence-electron chi connectivity index (χ3n) is 3.46. The third kappa shape index (κ3) is 3.29. The van der Waals surface area contributed by atoms with E-state index in [-0.39, 0.29) is 24.3 Å². The zero-order valence-corrected chi connectivity index (χ0v) is 11.3. The Bertz CT molecular complexity index is 564. The molecule has 0 amide bonds. The maximum absolute atomic E-state index is 13.0. The fourth-order valence-corrected chi connectivity index (χ4v) is 2.30. The molecule has 1 saturated carbocycles. The summed E-state index contributed by atoms with van der Waals surface area (Å²) in [6, 6.07) is 4.35. The average Bonchev–Trinajstić information content (AvgIpc) is 2.88. The molecule has 6 nitrogen and oxygen atoms in total. The molecule has 22 heavy (non-hydrogen) atoms. The third-order valence-corrected chi connectivity index (χ3v) is 3.46. The molecular formula is C13H12F3NO5. The van der Waals surface area contributed by atoms with Gasteiger partial charge < -0.3 is 9.47 Å². The number of non-ortho nitro benzene ring substituents is 1. The van der Waals surface area contributed by atoms with Gasteiger partial charge in [0.1, 0.15) is 5.75 Å². The number of rotatable bonds is 3. The van der Waals surface area contributed by atoms with Gasteiger partial charge in [-0.15, -0.1) is 0 Å². The van der Waals surface area contributed by atoms with Crippen LogP contribution in [-0.4, -0.2) is 22.9 Å². The summed E-state index contributed by atoms with van der Waals surface area (Å²) in [5.41, 5.74) is -2.74. The van der Waals surface area contributed by atoms with Crippen molar-refractivity contribution in [3.8, 4) is 5.75 Å². The number of halogens is 3. The minimum atomic E-state index is -4.67. The number of alkyl halides is 3. The van der Waals surface area contributed by atoms with Gasteiger partial charge in [-0.3, -0.25) is 10.1 Å². The van der Waals surface area contributed by atoms with Crippen LogP contribution in [-0.2, 0) is 4.74 Å². The highest BCUT2D eigenvalue weighted by Crippen LogP contribution is 2.46. The van der Waals surface area contributed by atoms with Gasteiger partial charge in [0, 0.05) is 12.1 Å². The number of hydrogen-bond donors (Lipinski definition) is 0. The molecule has 1 fully saturated rings. The minimum absolute atomic E-state index is 0.133. The van der Waals surface area contributed by atoms with Crippen molar-refractivity contribution in [1.29, 1.82) is 0 Å². The second-order valence-corrected chi connectivity index (χ2v) is 4.90. The number of carbonyl (C=O) groups excluding carboxylic acids is 1. The van der Waals surface area contributed by atoms with Gasteiger partial charge in [-0.2, -0.15) is 13.2 Å². The molecule has 0 heterocycles. The highest BCUT2D eigenvalue weighted by Gasteiger charge is 2.59. The van der Waals surface area contributed by atoms with Crippen molar-refractivity contribution < 1.29 is 32.4 Å². The van der Waals surface area contributed by atoms with Crippen molar-refractivity contribution in [3.05, 3.63) is 34.4 Å². The van der Waals surface area contributed by atoms with Crippen molar-refractivity contribution in [3.63, 3.8) is 0 Å². The summed E-state index contributed by atoms with van der Waals surface area (Å²) in [7, 11) is 0. The smallest absolute Gasteiger partial charge is 0.418 e. The summed E-state index contributed by atoms with van der Waals surface area (Å²) >= 11 is 0. The second-order valence-electron chi connectivity index (χ2n) is 4.90. The molecule has 0 aromatic heterocycles. The molecule has 0 aliphatic heterocycles. The lowest BCUT2D eigenvalue weighted by Crippen LogP contribution is -2.47. The Morgan fingerprint density at radius 1 is 1.18 bits per heavy atom. The van der Waals surface area contributed by atoms with Crippen LogP contribution < -0.4 is 4.74 Å². The van der Waals surface area contributed by atoms with Gasteiger partial charge in [-0.1, -0.05) is 0 Å². The van der Waals surface area contributed by atoms with Crippen LogP contribution in [0, 0.1) is 10.1 Å². The summed E-state index contributed by atoms with van der Waals surface area (Å²) in [5.74, 6) is -0.133. The molecule has 0 N–H and O–H groups in total. The van der Waals surface area contributed by atoms with E-state index in [9.17, 15) is 28.1 Å². The summed E-state index contributed by atoms with van der Waals surface area (Å²) in [5, 5.41) is 10.5. The van der Waals surface area contributed by atoms with E-state index in [1.54, 1.807) is 0 Å². The maximum Gasteiger partial charge on any atom is 0.514 e. The Morgan fingerprint density at radius 3 is 2.18 bits per heavy atom. The number of nitro groups is 1. The van der Waals surface area contributed by atoms with Gasteiger partial charge in [0.15, 0.2) is 0 Å². The number of ether oxygens (including phenoxy) is 2. The Labute approximate surface area is 123 Å². The standard InChI is InChI=1S/C13H12F3NO5/c14-13(15,16)12(7-1-2-8-12)22-11(18)21-10-5-3-9(4-6-10)17(19)20/h3-6H,1-2,7-8H2. The van der Waals surface area contributed by atoms with Crippen LogP contribution in [0.1, 0.15) is 25.7 Å². The molecular weight excluding hydrogens is 307 g/mol. The van der Waals surface area contributed by atoms with Crippen molar-refractivity contribution in [1.82, 2.24) is 0 Å². The number of benzene rings is 1. The van der Waals surface area contributed by atoms with Crippen LogP contribution >= 0.6 is 0 Å². The highest BCUT2D eigenvalue weighted by atomic mass is 19.4. The predicted octanol–water partition coefficient (Wildman–Crippen LogP) is 3.99. The van der Waals surface area contributed by atoms with E-state index in [0.717, 1.165) is 24.3 Å². The lowest BCUT2D eigenvalue weighted by atomic mass is 10.0. The normalized spacial score (nSPS) is 17.0. The monoisotopic (exact) mass is 319 g/mol. The SMILES string of the molecule is O=C(Oc1ccc([N+](=O)[O-])cc1)OC1(C(F)(F)F)CCCC1. The Morgan fingerprint density at radius 2 is 1.73 bits per heavy atom. The van der Waals surface area contributed by atoms with Gasteiger partial charge in [0.05, 0.1) is 4.92 Å². The van der Waals surface area contributed by atoms with E-state index in [4.69, 9.17) is 0 Å². The molecule has 1 aromatic carbocycles. The molecule has 1 aliphatic rings. The molecule has 0 bridgehead atoms. The molecule has 0 radical (unpaired) electrons. The molecule has 0 spiro atoms. The van der Waals surface area contributed by atoms with Gasteiger partial charge >= 0.3 is 12.3 Å².